The van der Waals surface area contributed by atoms with E-state index in [4.69, 9.17) is 15.9 Å². The van der Waals surface area contributed by atoms with E-state index in [2.05, 4.69) is 4.98 Å². The Labute approximate surface area is 88.5 Å². The first-order chi connectivity index (χ1) is 6.86. The van der Waals surface area contributed by atoms with Crippen LogP contribution in [0.2, 0.25) is 0 Å². The molecule has 0 unspecified atom stereocenters. The molecule has 0 aromatic carbocycles. The molecule has 1 heterocycles. The van der Waals surface area contributed by atoms with Crippen LogP contribution < -0.4 is 0 Å². The molecule has 0 aliphatic carbocycles. The van der Waals surface area contributed by atoms with E-state index in [1.807, 2.05) is 0 Å². The minimum Gasteiger partial charge on any atom is -0.245 e. The molecule has 15 heavy (non-hydrogen) atoms. The lowest BCUT2D eigenvalue weighted by molar-refractivity contribution is 0.147. The SMILES string of the molecule is N#Cc1cc(S(=O)(=O)Cl)c(C(F)F)cn1. The second-order valence-corrected chi connectivity index (χ2v) is 4.99. The molecule has 0 aliphatic rings. The molecule has 1 aromatic rings. The maximum absolute atomic E-state index is 12.3. The molecular weight excluding hydrogens is 250 g/mol. The number of hydrogen-bond acceptors (Lipinski definition) is 4. The molecule has 1 aromatic heterocycles. The van der Waals surface area contributed by atoms with Gasteiger partial charge in [-0.15, -0.1) is 0 Å². The fourth-order valence-electron chi connectivity index (χ4n) is 0.884. The zero-order valence-corrected chi connectivity index (χ0v) is 8.56. The normalized spacial score (nSPS) is 11.4. The smallest absolute Gasteiger partial charge is 0.245 e. The first-order valence-electron chi connectivity index (χ1n) is 3.49. The lowest BCUT2D eigenvalue weighted by atomic mass is 10.2. The Hall–Kier alpha value is -1.26. The van der Waals surface area contributed by atoms with E-state index < -0.39 is 25.9 Å². The molecule has 0 atom stereocenters. The van der Waals surface area contributed by atoms with Gasteiger partial charge >= 0.3 is 0 Å². The van der Waals surface area contributed by atoms with E-state index in [1.54, 1.807) is 0 Å². The van der Waals surface area contributed by atoms with Crippen molar-refractivity contribution in [1.29, 1.82) is 5.26 Å². The summed E-state index contributed by atoms with van der Waals surface area (Å²) in [5.74, 6) is 0. The summed E-state index contributed by atoms with van der Waals surface area (Å²) in [7, 11) is 0.628. The molecule has 1 rings (SSSR count). The third-order valence-electron chi connectivity index (χ3n) is 1.51. The molecule has 8 heteroatoms. The summed E-state index contributed by atoms with van der Waals surface area (Å²) in [6.45, 7) is 0. The van der Waals surface area contributed by atoms with Crippen LogP contribution in [0.3, 0.4) is 0 Å². The predicted molar refractivity (Wildman–Crippen MR) is 46.9 cm³/mol. The number of nitriles is 1. The number of hydrogen-bond donors (Lipinski definition) is 0. The average molecular weight is 253 g/mol. The van der Waals surface area contributed by atoms with Gasteiger partial charge in [0.05, 0.1) is 10.5 Å². The van der Waals surface area contributed by atoms with Crippen molar-refractivity contribution in [3.63, 3.8) is 0 Å². The van der Waals surface area contributed by atoms with Crippen LogP contribution >= 0.6 is 10.7 Å². The number of rotatable bonds is 2. The van der Waals surface area contributed by atoms with Gasteiger partial charge in [0.2, 0.25) is 0 Å². The maximum Gasteiger partial charge on any atom is 0.266 e. The largest absolute Gasteiger partial charge is 0.266 e. The topological polar surface area (TPSA) is 70.8 Å². The zero-order valence-electron chi connectivity index (χ0n) is 6.99. The Morgan fingerprint density at radius 2 is 2.13 bits per heavy atom. The number of halogens is 3. The van der Waals surface area contributed by atoms with Crippen LogP contribution in [0.5, 0.6) is 0 Å². The van der Waals surface area contributed by atoms with Crippen LogP contribution in [0.4, 0.5) is 8.78 Å². The Bertz CT molecular complexity index is 524. The summed E-state index contributed by atoms with van der Waals surface area (Å²) in [5.41, 5.74) is -1.11. The molecule has 0 saturated heterocycles. The Morgan fingerprint density at radius 1 is 1.53 bits per heavy atom. The van der Waals surface area contributed by atoms with Crippen molar-refractivity contribution in [3.05, 3.63) is 23.5 Å². The highest BCUT2D eigenvalue weighted by molar-refractivity contribution is 8.13. The predicted octanol–water partition coefficient (Wildman–Crippen LogP) is 1.82. The standard InChI is InChI=1S/C7H3ClF2N2O2S/c8-15(13,14)6-1-4(2-11)12-3-5(6)7(9)10/h1,3,7H. The van der Waals surface area contributed by atoms with Gasteiger partial charge in [-0.05, 0) is 6.07 Å². The summed E-state index contributed by atoms with van der Waals surface area (Å²) in [6.07, 6.45) is -2.40. The second-order valence-electron chi connectivity index (χ2n) is 2.46. The molecule has 0 spiro atoms. The lowest BCUT2D eigenvalue weighted by Crippen LogP contribution is -2.01. The van der Waals surface area contributed by atoms with E-state index in [0.717, 1.165) is 0 Å². The number of pyridine rings is 1. The van der Waals surface area contributed by atoms with Gasteiger partial charge in [-0.2, -0.15) is 5.26 Å². The molecule has 0 fully saturated rings. The molecule has 0 radical (unpaired) electrons. The number of aromatic nitrogens is 1. The molecule has 0 amide bonds. The lowest BCUT2D eigenvalue weighted by Gasteiger charge is -2.04. The van der Waals surface area contributed by atoms with Crippen molar-refractivity contribution in [2.75, 3.05) is 0 Å². The van der Waals surface area contributed by atoms with Crippen LogP contribution in [0.1, 0.15) is 17.7 Å². The van der Waals surface area contributed by atoms with Crippen LogP contribution in [0, 0.1) is 11.3 Å². The van der Waals surface area contributed by atoms with Crippen molar-refractivity contribution in [2.24, 2.45) is 0 Å². The Balaban J connectivity index is 3.52. The molecule has 0 aliphatic heterocycles. The summed E-state index contributed by atoms with van der Waals surface area (Å²) >= 11 is 0. The van der Waals surface area contributed by atoms with Crippen molar-refractivity contribution < 1.29 is 17.2 Å². The zero-order chi connectivity index (χ0) is 11.6. The van der Waals surface area contributed by atoms with Gasteiger partial charge in [0.25, 0.3) is 15.5 Å². The van der Waals surface area contributed by atoms with Gasteiger partial charge < -0.3 is 0 Å². The highest BCUT2D eigenvalue weighted by Gasteiger charge is 2.22. The van der Waals surface area contributed by atoms with Crippen molar-refractivity contribution in [1.82, 2.24) is 4.98 Å². The van der Waals surface area contributed by atoms with Gasteiger partial charge in [0, 0.05) is 16.9 Å². The Kier molecular flexibility index (Phi) is 3.21. The van der Waals surface area contributed by atoms with E-state index in [0.29, 0.717) is 12.3 Å². The number of nitrogens with zero attached hydrogens (tertiary/aromatic N) is 2. The third kappa shape index (κ3) is 2.61. The van der Waals surface area contributed by atoms with Crippen molar-refractivity contribution in [3.8, 4) is 6.07 Å². The maximum atomic E-state index is 12.3. The van der Waals surface area contributed by atoms with Crippen LogP contribution in [-0.2, 0) is 9.05 Å². The van der Waals surface area contributed by atoms with E-state index in [1.165, 1.54) is 6.07 Å². The van der Waals surface area contributed by atoms with E-state index in [9.17, 15) is 17.2 Å². The van der Waals surface area contributed by atoms with Gasteiger partial charge in [-0.25, -0.2) is 22.2 Å². The summed E-state index contributed by atoms with van der Waals surface area (Å²) < 4.78 is 46.5. The monoisotopic (exact) mass is 252 g/mol. The molecule has 0 bridgehead atoms. The van der Waals surface area contributed by atoms with Crippen molar-refractivity contribution >= 4 is 19.7 Å². The molecule has 0 saturated carbocycles. The molecule has 80 valence electrons. The number of alkyl halides is 2. The molecule has 0 N–H and O–H groups in total. The van der Waals surface area contributed by atoms with E-state index in [-0.39, 0.29) is 5.69 Å². The van der Waals surface area contributed by atoms with Crippen LogP contribution in [0.25, 0.3) is 0 Å². The molecule has 4 nitrogen and oxygen atoms in total. The fourth-order valence-corrected chi connectivity index (χ4v) is 1.96. The van der Waals surface area contributed by atoms with Gasteiger partial charge in [0.15, 0.2) is 0 Å². The van der Waals surface area contributed by atoms with E-state index >= 15 is 0 Å². The minimum absolute atomic E-state index is 0.293. The highest BCUT2D eigenvalue weighted by atomic mass is 35.7. The van der Waals surface area contributed by atoms with Gasteiger partial charge in [-0.3, -0.25) is 0 Å². The third-order valence-corrected chi connectivity index (χ3v) is 2.89. The molecular formula is C7H3ClF2N2O2S. The average Bonchev–Trinajstić information content (AvgIpc) is 2.15. The summed E-state index contributed by atoms with van der Waals surface area (Å²) in [5, 5.41) is 8.42. The Morgan fingerprint density at radius 3 is 2.53 bits per heavy atom. The summed E-state index contributed by atoms with van der Waals surface area (Å²) in [4.78, 5) is 2.54. The van der Waals surface area contributed by atoms with Gasteiger partial charge in [-0.1, -0.05) is 0 Å². The highest BCUT2D eigenvalue weighted by Crippen LogP contribution is 2.28. The second kappa shape index (κ2) is 4.08. The van der Waals surface area contributed by atoms with Crippen LogP contribution in [0.15, 0.2) is 17.2 Å². The summed E-state index contributed by atoms with van der Waals surface area (Å²) in [6, 6.07) is 2.24. The first-order valence-corrected chi connectivity index (χ1v) is 5.80. The van der Waals surface area contributed by atoms with Crippen LogP contribution in [-0.4, -0.2) is 13.4 Å². The first kappa shape index (κ1) is 11.8. The minimum atomic E-state index is -4.31. The van der Waals surface area contributed by atoms with Gasteiger partial charge in [0.1, 0.15) is 11.8 Å². The van der Waals surface area contributed by atoms with Crippen molar-refractivity contribution in [2.45, 2.75) is 11.3 Å². The quantitative estimate of drug-likeness (QED) is 0.753. The fraction of sp³-hybridized carbons (Fsp3) is 0.143.